The van der Waals surface area contributed by atoms with Crippen molar-refractivity contribution >= 4 is 67.6 Å². The topological polar surface area (TPSA) is 91.8 Å². The fourth-order valence-electron chi connectivity index (χ4n) is 6.59. The Balaban J connectivity index is 1.50. The van der Waals surface area contributed by atoms with Crippen LogP contribution in [0, 0.1) is 35.2 Å². The van der Waals surface area contributed by atoms with E-state index in [1.54, 1.807) is 26.0 Å². The summed E-state index contributed by atoms with van der Waals surface area (Å²) in [5.41, 5.74) is 4.39. The Morgan fingerprint density at radius 2 is 1.63 bits per heavy atom. The minimum Gasteiger partial charge on any atom is -0.507 e. The second-order valence-corrected chi connectivity index (χ2v) is 12.5. The number of rotatable bonds is 2. The number of allylic oxidation sites excluding steroid dienone is 6. The molecule has 0 bridgehead atoms. The van der Waals surface area contributed by atoms with Gasteiger partial charge in [0.15, 0.2) is 11.6 Å². The molecule has 0 aromatic heterocycles. The molecule has 0 saturated carbocycles. The quantitative estimate of drug-likeness (QED) is 0.193. The van der Waals surface area contributed by atoms with Crippen molar-refractivity contribution in [1.82, 2.24) is 0 Å². The number of aryl methyl sites for hydroxylation is 2. The summed E-state index contributed by atoms with van der Waals surface area (Å²) in [4.78, 5) is 55.5. The van der Waals surface area contributed by atoms with Crippen LogP contribution in [-0.4, -0.2) is 28.5 Å². The summed E-state index contributed by atoms with van der Waals surface area (Å²) >= 11 is 5.43. The van der Waals surface area contributed by atoms with E-state index in [9.17, 15) is 24.3 Å². The van der Waals surface area contributed by atoms with Crippen LogP contribution in [0.5, 0.6) is 5.75 Å². The zero-order valence-corrected chi connectivity index (χ0v) is 24.4. The third-order valence-corrected chi connectivity index (χ3v) is 9.57. The number of hydrogen-bond donors (Lipinski definition) is 1. The van der Waals surface area contributed by atoms with Crippen molar-refractivity contribution in [2.45, 2.75) is 32.6 Å². The summed E-state index contributed by atoms with van der Waals surface area (Å²) in [7, 11) is 0. The van der Waals surface area contributed by atoms with Crippen molar-refractivity contribution in [3.8, 4) is 5.75 Å². The fraction of sp³-hybridized carbons (Fsp3) is 0.267. The van der Waals surface area contributed by atoms with E-state index in [4.69, 9.17) is 0 Å². The number of aromatic hydroxyl groups is 1. The Kier molecular flexibility index (Phi) is 6.10. The van der Waals surface area contributed by atoms with Gasteiger partial charge in [-0.15, -0.1) is 0 Å². The van der Waals surface area contributed by atoms with E-state index in [-0.39, 0.29) is 40.0 Å². The van der Waals surface area contributed by atoms with Crippen molar-refractivity contribution in [2.24, 2.45) is 17.8 Å². The molecule has 4 aliphatic rings. The van der Waals surface area contributed by atoms with Crippen molar-refractivity contribution < 1.29 is 24.3 Å². The number of fused-ring (bicyclic) bond motifs is 3. The maximum atomic E-state index is 13.9. The number of nitrogens with zero attached hydrogens (tertiary/aromatic N) is 1. The molecule has 0 spiro atoms. The minimum atomic E-state index is -0.620. The third-order valence-electron chi connectivity index (χ3n) is 8.26. The van der Waals surface area contributed by atoms with E-state index in [1.807, 2.05) is 30.3 Å². The average Bonchev–Trinajstić information content (AvgIpc) is 3.14. The fourth-order valence-corrected chi connectivity index (χ4v) is 7.39. The monoisotopic (exact) mass is 683 g/mol. The van der Waals surface area contributed by atoms with E-state index in [1.165, 1.54) is 11.0 Å². The number of ketones is 2. The van der Waals surface area contributed by atoms with Gasteiger partial charge in [-0.2, -0.15) is 0 Å². The van der Waals surface area contributed by atoms with Crippen molar-refractivity contribution in [3.63, 3.8) is 0 Å². The molecule has 6 nitrogen and oxygen atoms in total. The lowest BCUT2D eigenvalue weighted by Gasteiger charge is -2.42. The Bertz CT molecular complexity index is 1540. The highest BCUT2D eigenvalue weighted by Gasteiger charge is 2.56. The van der Waals surface area contributed by atoms with Crippen LogP contribution in [0.1, 0.15) is 35.4 Å². The van der Waals surface area contributed by atoms with Gasteiger partial charge in [0, 0.05) is 26.7 Å². The molecule has 1 heterocycles. The molecule has 1 saturated heterocycles. The molecular formula is C30H23BrINO5. The van der Waals surface area contributed by atoms with Gasteiger partial charge in [0.05, 0.1) is 22.0 Å². The smallest absolute Gasteiger partial charge is 0.238 e. The zero-order valence-electron chi connectivity index (χ0n) is 20.6. The minimum absolute atomic E-state index is 0.186. The van der Waals surface area contributed by atoms with E-state index in [0.717, 1.165) is 14.7 Å². The van der Waals surface area contributed by atoms with Crippen molar-refractivity contribution in [2.75, 3.05) is 4.90 Å². The first-order chi connectivity index (χ1) is 18.1. The zero-order chi connectivity index (χ0) is 27.0. The molecule has 1 fully saturated rings. The molecule has 8 heteroatoms. The van der Waals surface area contributed by atoms with E-state index in [0.29, 0.717) is 34.4 Å². The summed E-state index contributed by atoms with van der Waals surface area (Å²) < 4.78 is 1.20. The predicted octanol–water partition coefficient (Wildman–Crippen LogP) is 5.58. The van der Waals surface area contributed by atoms with Crippen LogP contribution < -0.4 is 4.90 Å². The molecule has 0 unspecified atom stereocenters. The van der Waals surface area contributed by atoms with Crippen LogP contribution >= 0.6 is 38.5 Å². The van der Waals surface area contributed by atoms with Crippen molar-refractivity contribution in [3.05, 3.63) is 90.0 Å². The lowest BCUT2D eigenvalue weighted by molar-refractivity contribution is -0.123. The second kappa shape index (κ2) is 9.12. The maximum Gasteiger partial charge on any atom is 0.238 e. The van der Waals surface area contributed by atoms with E-state index in [2.05, 4.69) is 38.5 Å². The van der Waals surface area contributed by atoms with Gasteiger partial charge in [0.2, 0.25) is 11.8 Å². The Labute approximate surface area is 241 Å². The Morgan fingerprint density at radius 1 is 0.974 bits per heavy atom. The number of imide groups is 1. The highest BCUT2D eigenvalue weighted by molar-refractivity contribution is 14.1. The number of amides is 2. The molecule has 38 heavy (non-hydrogen) atoms. The Morgan fingerprint density at radius 3 is 2.29 bits per heavy atom. The van der Waals surface area contributed by atoms with E-state index < -0.39 is 23.7 Å². The summed E-state index contributed by atoms with van der Waals surface area (Å²) in [5.74, 6) is -2.87. The van der Waals surface area contributed by atoms with Crippen LogP contribution in [0.3, 0.4) is 0 Å². The van der Waals surface area contributed by atoms with Gasteiger partial charge in [0.1, 0.15) is 5.75 Å². The van der Waals surface area contributed by atoms with E-state index >= 15 is 0 Å². The first kappa shape index (κ1) is 25.4. The lowest BCUT2D eigenvalue weighted by Crippen LogP contribution is -2.39. The van der Waals surface area contributed by atoms with Gasteiger partial charge in [-0.25, -0.2) is 0 Å². The highest BCUT2D eigenvalue weighted by atomic mass is 127. The first-order valence-corrected chi connectivity index (χ1v) is 14.3. The number of carbonyl (C=O) groups is 4. The number of carbonyl (C=O) groups excluding carboxylic acids is 4. The number of halogens is 2. The molecule has 2 aromatic rings. The highest BCUT2D eigenvalue weighted by Crippen LogP contribution is 2.56. The van der Waals surface area contributed by atoms with Crippen LogP contribution in [0.2, 0.25) is 0 Å². The predicted molar refractivity (Wildman–Crippen MR) is 154 cm³/mol. The molecular weight excluding hydrogens is 661 g/mol. The van der Waals surface area contributed by atoms with Gasteiger partial charge < -0.3 is 5.11 Å². The van der Waals surface area contributed by atoms with Gasteiger partial charge in [0.25, 0.3) is 0 Å². The summed E-state index contributed by atoms with van der Waals surface area (Å²) in [6.45, 7) is 3.60. The molecule has 192 valence electrons. The summed E-state index contributed by atoms with van der Waals surface area (Å²) in [6.07, 6.45) is 3.94. The van der Waals surface area contributed by atoms with Gasteiger partial charge in [-0.3, -0.25) is 24.1 Å². The summed E-state index contributed by atoms with van der Waals surface area (Å²) in [5, 5.41) is 10.4. The molecule has 1 N–H and O–H groups in total. The number of phenols is 1. The molecule has 0 radical (unpaired) electrons. The molecule has 4 atom stereocenters. The third kappa shape index (κ3) is 3.71. The number of Topliss-reactive ketones (excluding diaryl/α,β-unsaturated/α-hetero) is 1. The largest absolute Gasteiger partial charge is 0.507 e. The number of benzene rings is 2. The van der Waals surface area contributed by atoms with Crippen molar-refractivity contribution in [1.29, 1.82) is 0 Å². The van der Waals surface area contributed by atoms with Gasteiger partial charge >= 0.3 is 0 Å². The first-order valence-electron chi connectivity index (χ1n) is 12.4. The Hall–Kier alpha value is -2.85. The second-order valence-electron chi connectivity index (χ2n) is 10.4. The average molecular weight is 684 g/mol. The normalized spacial score (nSPS) is 26.7. The van der Waals surface area contributed by atoms with Crippen LogP contribution in [0.15, 0.2) is 69.8 Å². The SMILES string of the molecule is Cc1cc([C@H]2C3=CC[C@@H]4C(=O)N(c5ccc(I)cc5)C(=O)[C@@H]4[C@@H]3CC3=C2C(=O)C=C(Br)C3=O)cc(C)c1O. The molecule has 2 aromatic carbocycles. The molecule has 6 rings (SSSR count). The maximum absolute atomic E-state index is 13.9. The summed E-state index contributed by atoms with van der Waals surface area (Å²) in [6, 6.07) is 11.0. The molecule has 1 aliphatic heterocycles. The number of hydrogen-bond acceptors (Lipinski definition) is 5. The standard InChI is InChI=1S/C30H23BrINO5/c1-13-9-15(10-14(2)27(13)35)24-18-7-8-19-25(20(18)11-21-26(24)23(34)12-22(31)28(21)36)30(38)33(29(19)37)17-5-3-16(32)4-6-17/h3-7,9-10,12,19-20,24-25,35H,8,11H2,1-2H3/t19-,20+,24-,25-/m0/s1. The van der Waals surface area contributed by atoms with Gasteiger partial charge in [-0.05, 0) is 112 Å². The van der Waals surface area contributed by atoms with Gasteiger partial charge in [-0.1, -0.05) is 23.8 Å². The van der Waals surface area contributed by atoms with Crippen LogP contribution in [0.4, 0.5) is 5.69 Å². The molecule has 3 aliphatic carbocycles. The number of phenolic OH excluding ortho intramolecular Hbond substituents is 1. The molecule has 2 amide bonds. The lowest BCUT2D eigenvalue weighted by atomic mass is 9.59. The van der Waals surface area contributed by atoms with Crippen LogP contribution in [0.25, 0.3) is 0 Å². The van der Waals surface area contributed by atoms with Crippen LogP contribution in [-0.2, 0) is 19.2 Å². The number of anilines is 1.